The van der Waals surface area contributed by atoms with E-state index >= 15 is 0 Å². The number of hydrogen-bond donors (Lipinski definition) is 2. The Hall–Kier alpha value is -1.76. The number of ether oxygens (including phenoxy) is 1. The molecule has 2 N–H and O–H groups in total. The summed E-state index contributed by atoms with van der Waals surface area (Å²) < 4.78 is 44.2. The highest BCUT2D eigenvalue weighted by Gasteiger charge is 2.48. The average Bonchev–Trinajstić information content (AvgIpc) is 2.52. The highest BCUT2D eigenvalue weighted by atomic mass is 19.4. The van der Waals surface area contributed by atoms with Crippen molar-refractivity contribution in [1.82, 2.24) is 5.32 Å². The number of alkyl halides is 3. The van der Waals surface area contributed by atoms with Gasteiger partial charge in [0.15, 0.2) is 0 Å². The van der Waals surface area contributed by atoms with Crippen LogP contribution in [0.15, 0.2) is 24.3 Å². The molecule has 1 saturated heterocycles. The van der Waals surface area contributed by atoms with E-state index in [-0.39, 0.29) is 17.1 Å². The molecule has 2 amide bonds. The highest BCUT2D eigenvalue weighted by molar-refractivity contribution is 5.90. The van der Waals surface area contributed by atoms with Crippen LogP contribution in [0.1, 0.15) is 31.2 Å². The van der Waals surface area contributed by atoms with E-state index in [1.807, 2.05) is 0 Å². The molecule has 3 rings (SSSR count). The van der Waals surface area contributed by atoms with Crippen LogP contribution in [0, 0.1) is 5.41 Å². The maximum Gasteiger partial charge on any atom is 0.418 e. The van der Waals surface area contributed by atoms with E-state index in [1.165, 1.54) is 18.2 Å². The molecule has 1 aliphatic heterocycles. The van der Waals surface area contributed by atoms with E-state index in [2.05, 4.69) is 10.6 Å². The van der Waals surface area contributed by atoms with Gasteiger partial charge < -0.3 is 15.4 Å². The summed E-state index contributed by atoms with van der Waals surface area (Å²) in [6, 6.07) is 4.40. The number of amides is 2. The molecule has 1 spiro atoms. The zero-order valence-corrected chi connectivity index (χ0v) is 12.6. The van der Waals surface area contributed by atoms with Gasteiger partial charge in [-0.05, 0) is 43.2 Å². The van der Waals surface area contributed by atoms with E-state index in [1.54, 1.807) is 0 Å². The van der Waals surface area contributed by atoms with Gasteiger partial charge in [0.1, 0.15) is 0 Å². The van der Waals surface area contributed by atoms with E-state index < -0.39 is 17.8 Å². The predicted molar refractivity (Wildman–Crippen MR) is 79.1 cm³/mol. The van der Waals surface area contributed by atoms with Gasteiger partial charge in [0.05, 0.1) is 11.3 Å². The Balaban J connectivity index is 1.64. The molecule has 1 heterocycles. The van der Waals surface area contributed by atoms with Crippen molar-refractivity contribution < 1.29 is 22.7 Å². The van der Waals surface area contributed by atoms with Crippen LogP contribution in [-0.2, 0) is 10.9 Å². The van der Waals surface area contributed by atoms with E-state index in [9.17, 15) is 18.0 Å². The first-order valence-electron chi connectivity index (χ1n) is 7.72. The lowest BCUT2D eigenvalue weighted by atomic mass is 9.60. The molecule has 1 aliphatic carbocycles. The quantitative estimate of drug-likeness (QED) is 0.868. The molecule has 0 radical (unpaired) electrons. The third kappa shape index (κ3) is 3.29. The third-order valence-corrected chi connectivity index (χ3v) is 4.94. The summed E-state index contributed by atoms with van der Waals surface area (Å²) in [5.74, 6) is 0. The monoisotopic (exact) mass is 328 g/mol. The number of hydrogen-bond acceptors (Lipinski definition) is 2. The summed E-state index contributed by atoms with van der Waals surface area (Å²) in [6.07, 6.45) is -0.842. The lowest BCUT2D eigenvalue weighted by Crippen LogP contribution is -2.58. The Kier molecular flexibility index (Phi) is 4.23. The number of halogens is 3. The van der Waals surface area contributed by atoms with Crippen LogP contribution in [0.4, 0.5) is 23.7 Å². The zero-order chi connectivity index (χ0) is 16.5. The smallest absolute Gasteiger partial charge is 0.381 e. The molecule has 23 heavy (non-hydrogen) atoms. The molecule has 2 aliphatic rings. The van der Waals surface area contributed by atoms with Crippen LogP contribution in [0.25, 0.3) is 0 Å². The minimum atomic E-state index is -4.50. The normalized spacial score (nSPS) is 23.2. The summed E-state index contributed by atoms with van der Waals surface area (Å²) >= 11 is 0. The summed E-state index contributed by atoms with van der Waals surface area (Å²) in [5, 5.41) is 5.17. The third-order valence-electron chi connectivity index (χ3n) is 4.94. The second kappa shape index (κ2) is 6.03. The summed E-state index contributed by atoms with van der Waals surface area (Å²) in [6.45, 7) is 1.35. The molecule has 0 aromatic heterocycles. The van der Waals surface area contributed by atoms with Gasteiger partial charge in [-0.25, -0.2) is 4.79 Å². The van der Waals surface area contributed by atoms with Crippen LogP contribution in [0.3, 0.4) is 0 Å². The van der Waals surface area contributed by atoms with Crippen LogP contribution in [0.5, 0.6) is 0 Å². The number of carbonyl (C=O) groups excluding carboxylic acids is 1. The highest BCUT2D eigenvalue weighted by Crippen LogP contribution is 2.48. The average molecular weight is 328 g/mol. The van der Waals surface area contributed by atoms with Crippen LogP contribution >= 0.6 is 0 Å². The molecule has 1 aromatic carbocycles. The Morgan fingerprint density at radius 1 is 1.17 bits per heavy atom. The first kappa shape index (κ1) is 16.1. The number of anilines is 1. The molecule has 1 atom stereocenters. The van der Waals surface area contributed by atoms with Crippen molar-refractivity contribution in [1.29, 1.82) is 0 Å². The second-order valence-electron chi connectivity index (χ2n) is 6.21. The maximum absolute atomic E-state index is 12.9. The van der Waals surface area contributed by atoms with Crippen molar-refractivity contribution in [2.45, 2.75) is 37.9 Å². The first-order valence-corrected chi connectivity index (χ1v) is 7.72. The molecular weight excluding hydrogens is 309 g/mol. The fourth-order valence-corrected chi connectivity index (χ4v) is 3.45. The fraction of sp³-hybridized carbons (Fsp3) is 0.562. The van der Waals surface area contributed by atoms with Gasteiger partial charge in [-0.1, -0.05) is 12.1 Å². The molecule has 2 fully saturated rings. The topological polar surface area (TPSA) is 50.4 Å². The Bertz CT molecular complexity index is 583. The molecule has 1 saturated carbocycles. The van der Waals surface area contributed by atoms with Gasteiger partial charge >= 0.3 is 12.2 Å². The summed E-state index contributed by atoms with van der Waals surface area (Å²) in [5.41, 5.74) is -1.01. The number of urea groups is 1. The number of rotatable bonds is 2. The van der Waals surface area contributed by atoms with Gasteiger partial charge in [0.2, 0.25) is 0 Å². The zero-order valence-electron chi connectivity index (χ0n) is 12.6. The lowest BCUT2D eigenvalue weighted by molar-refractivity contribution is -0.136. The standard InChI is InChI=1S/C16H19F3N2O2/c17-16(18,19)11-3-1-2-4-12(11)20-14(22)21-13-5-6-15(13)7-9-23-10-8-15/h1-4,13H,5-10H2,(H2,20,21,22). The summed E-state index contributed by atoms with van der Waals surface area (Å²) in [7, 11) is 0. The van der Waals surface area contributed by atoms with Crippen molar-refractivity contribution in [3.8, 4) is 0 Å². The maximum atomic E-state index is 12.9. The van der Waals surface area contributed by atoms with Crippen molar-refractivity contribution in [2.75, 3.05) is 18.5 Å². The molecule has 7 heteroatoms. The van der Waals surface area contributed by atoms with Crippen molar-refractivity contribution >= 4 is 11.7 Å². The SMILES string of the molecule is O=C(Nc1ccccc1C(F)(F)F)NC1CCC12CCOCC2. The number of para-hydroxylation sites is 1. The Labute approximate surface area is 132 Å². The van der Waals surface area contributed by atoms with Gasteiger partial charge in [0.25, 0.3) is 0 Å². The predicted octanol–water partition coefficient (Wildman–Crippen LogP) is 3.79. The van der Waals surface area contributed by atoms with Gasteiger partial charge in [-0.2, -0.15) is 13.2 Å². The molecule has 126 valence electrons. The van der Waals surface area contributed by atoms with E-state index in [0.29, 0.717) is 13.2 Å². The first-order chi connectivity index (χ1) is 10.9. The van der Waals surface area contributed by atoms with Gasteiger partial charge in [-0.3, -0.25) is 0 Å². The van der Waals surface area contributed by atoms with E-state index in [4.69, 9.17) is 4.74 Å². The van der Waals surface area contributed by atoms with E-state index in [0.717, 1.165) is 31.7 Å². The largest absolute Gasteiger partial charge is 0.418 e. The molecule has 0 bridgehead atoms. The Morgan fingerprint density at radius 2 is 1.87 bits per heavy atom. The molecule has 1 aromatic rings. The molecule has 4 nitrogen and oxygen atoms in total. The van der Waals surface area contributed by atoms with Gasteiger partial charge in [0, 0.05) is 19.3 Å². The number of nitrogens with one attached hydrogen (secondary N) is 2. The van der Waals surface area contributed by atoms with Crippen molar-refractivity contribution in [3.63, 3.8) is 0 Å². The van der Waals surface area contributed by atoms with Crippen molar-refractivity contribution in [2.24, 2.45) is 5.41 Å². The fourth-order valence-electron chi connectivity index (χ4n) is 3.45. The minimum Gasteiger partial charge on any atom is -0.381 e. The molecule has 1 unspecified atom stereocenters. The Morgan fingerprint density at radius 3 is 2.48 bits per heavy atom. The van der Waals surface area contributed by atoms with Crippen LogP contribution < -0.4 is 10.6 Å². The van der Waals surface area contributed by atoms with Crippen LogP contribution in [0.2, 0.25) is 0 Å². The summed E-state index contributed by atoms with van der Waals surface area (Å²) in [4.78, 5) is 12.1. The minimum absolute atomic E-state index is 0.00412. The number of benzene rings is 1. The lowest BCUT2D eigenvalue weighted by Gasteiger charge is -2.51. The molecular formula is C16H19F3N2O2. The number of carbonyl (C=O) groups is 1. The second-order valence-corrected chi connectivity index (χ2v) is 6.21. The van der Waals surface area contributed by atoms with Gasteiger partial charge in [-0.15, -0.1) is 0 Å². The van der Waals surface area contributed by atoms with Crippen LogP contribution in [-0.4, -0.2) is 25.3 Å². The van der Waals surface area contributed by atoms with Crippen molar-refractivity contribution in [3.05, 3.63) is 29.8 Å².